The van der Waals surface area contributed by atoms with Gasteiger partial charge in [0.15, 0.2) is 0 Å². The third kappa shape index (κ3) is 3.72. The minimum Gasteiger partial charge on any atom is -0.378 e. The summed E-state index contributed by atoms with van der Waals surface area (Å²) in [4.78, 5) is 30.0. The summed E-state index contributed by atoms with van der Waals surface area (Å²) in [6.45, 7) is 3.25. The molecule has 1 N–H and O–H groups in total. The molecule has 2 aromatic carbocycles. The molecule has 0 unspecified atom stereocenters. The van der Waals surface area contributed by atoms with Crippen molar-refractivity contribution in [1.82, 2.24) is 0 Å². The number of hydrogen-bond acceptors (Lipinski definition) is 6. The molecule has 1 atom stereocenters. The van der Waals surface area contributed by atoms with E-state index < -0.39 is 6.04 Å². The first-order valence-corrected chi connectivity index (χ1v) is 10.6. The van der Waals surface area contributed by atoms with Crippen molar-refractivity contribution in [2.45, 2.75) is 17.4 Å². The molecule has 2 aromatic rings. The van der Waals surface area contributed by atoms with E-state index in [2.05, 4.69) is 10.2 Å². The van der Waals surface area contributed by atoms with E-state index in [0.29, 0.717) is 5.69 Å². The molecule has 146 valence electrons. The quantitative estimate of drug-likeness (QED) is 0.618. The number of amides is 2. The number of benzene rings is 2. The molecule has 0 aromatic heterocycles. The molecule has 0 saturated carbocycles. The number of thioether (sulfide) groups is 1. The van der Waals surface area contributed by atoms with Gasteiger partial charge in [0.2, 0.25) is 5.91 Å². The van der Waals surface area contributed by atoms with Gasteiger partial charge in [-0.3, -0.25) is 9.59 Å². The minimum atomic E-state index is -0.545. The SMILES string of the molecule is CSc1ccccc1N1C(=O)C[C@H](Nc2ccc(N3CCOCC3)cc2)C1=O. The van der Waals surface area contributed by atoms with E-state index >= 15 is 0 Å². The number of morpholine rings is 1. The van der Waals surface area contributed by atoms with Gasteiger partial charge in [-0.25, -0.2) is 4.90 Å². The van der Waals surface area contributed by atoms with E-state index in [9.17, 15) is 9.59 Å². The number of rotatable bonds is 5. The van der Waals surface area contributed by atoms with E-state index in [1.165, 1.54) is 16.7 Å². The summed E-state index contributed by atoms with van der Waals surface area (Å²) >= 11 is 1.53. The number of anilines is 3. The van der Waals surface area contributed by atoms with Crippen LogP contribution in [0.25, 0.3) is 0 Å². The summed E-state index contributed by atoms with van der Waals surface area (Å²) in [5.74, 6) is -0.377. The smallest absolute Gasteiger partial charge is 0.256 e. The van der Waals surface area contributed by atoms with Crippen molar-refractivity contribution in [2.75, 3.05) is 47.7 Å². The van der Waals surface area contributed by atoms with Gasteiger partial charge in [0, 0.05) is 29.4 Å². The second-order valence-corrected chi connectivity index (χ2v) is 7.63. The topological polar surface area (TPSA) is 61.9 Å². The second-order valence-electron chi connectivity index (χ2n) is 6.79. The molecule has 2 fully saturated rings. The first-order valence-electron chi connectivity index (χ1n) is 9.36. The number of para-hydroxylation sites is 1. The molecule has 2 saturated heterocycles. The number of carbonyl (C=O) groups excluding carboxylic acids is 2. The molecule has 0 spiro atoms. The fourth-order valence-electron chi connectivity index (χ4n) is 3.60. The van der Waals surface area contributed by atoms with Gasteiger partial charge in [0.05, 0.1) is 25.3 Å². The van der Waals surface area contributed by atoms with Crippen LogP contribution in [0.1, 0.15) is 6.42 Å². The highest BCUT2D eigenvalue weighted by atomic mass is 32.2. The number of carbonyl (C=O) groups is 2. The molecule has 0 radical (unpaired) electrons. The maximum absolute atomic E-state index is 12.9. The molecule has 0 aliphatic carbocycles. The van der Waals surface area contributed by atoms with E-state index in [1.807, 2.05) is 54.8 Å². The Kier molecular flexibility index (Phi) is 5.54. The molecule has 0 bridgehead atoms. The van der Waals surface area contributed by atoms with Crippen LogP contribution in [0.5, 0.6) is 0 Å². The Labute approximate surface area is 168 Å². The first-order chi connectivity index (χ1) is 13.7. The molecule has 4 rings (SSSR count). The average molecular weight is 398 g/mol. The molecule has 7 heteroatoms. The lowest BCUT2D eigenvalue weighted by Crippen LogP contribution is -2.36. The van der Waals surface area contributed by atoms with E-state index in [0.717, 1.165) is 42.6 Å². The third-order valence-corrected chi connectivity index (χ3v) is 5.84. The van der Waals surface area contributed by atoms with Crippen LogP contribution in [0.2, 0.25) is 0 Å². The maximum Gasteiger partial charge on any atom is 0.256 e. The monoisotopic (exact) mass is 397 g/mol. The van der Waals surface area contributed by atoms with E-state index in [1.54, 1.807) is 0 Å². The number of ether oxygens (including phenoxy) is 1. The van der Waals surface area contributed by atoms with Crippen LogP contribution < -0.4 is 15.1 Å². The van der Waals surface area contributed by atoms with E-state index in [-0.39, 0.29) is 18.2 Å². The van der Waals surface area contributed by atoms with Crippen LogP contribution in [-0.2, 0) is 14.3 Å². The highest BCUT2D eigenvalue weighted by Crippen LogP contribution is 2.32. The molecule has 2 amide bonds. The summed E-state index contributed by atoms with van der Waals surface area (Å²) in [5, 5.41) is 3.23. The van der Waals surface area contributed by atoms with Gasteiger partial charge in [-0.05, 0) is 42.7 Å². The molecular weight excluding hydrogens is 374 g/mol. The lowest BCUT2D eigenvalue weighted by atomic mass is 10.2. The minimum absolute atomic E-state index is 0.159. The van der Waals surface area contributed by atoms with Crippen LogP contribution in [0, 0.1) is 0 Å². The number of nitrogens with zero attached hydrogens (tertiary/aromatic N) is 2. The zero-order valence-corrected chi connectivity index (χ0v) is 16.6. The van der Waals surface area contributed by atoms with Gasteiger partial charge < -0.3 is 15.0 Å². The first kappa shape index (κ1) is 18.8. The zero-order chi connectivity index (χ0) is 19.5. The second kappa shape index (κ2) is 8.24. The van der Waals surface area contributed by atoms with Crippen LogP contribution in [0.15, 0.2) is 53.4 Å². The highest BCUT2D eigenvalue weighted by molar-refractivity contribution is 7.98. The highest BCUT2D eigenvalue weighted by Gasteiger charge is 2.40. The number of hydrogen-bond donors (Lipinski definition) is 1. The molecule has 2 heterocycles. The van der Waals surface area contributed by atoms with Crippen molar-refractivity contribution in [3.8, 4) is 0 Å². The van der Waals surface area contributed by atoms with E-state index in [4.69, 9.17) is 4.74 Å². The Morgan fingerprint density at radius 2 is 1.75 bits per heavy atom. The molecular formula is C21H23N3O3S. The van der Waals surface area contributed by atoms with Crippen molar-refractivity contribution in [2.24, 2.45) is 0 Å². The summed E-state index contributed by atoms with van der Waals surface area (Å²) in [6.07, 6.45) is 2.10. The van der Waals surface area contributed by atoms with Crippen LogP contribution in [0.3, 0.4) is 0 Å². The van der Waals surface area contributed by atoms with Gasteiger partial charge in [-0.1, -0.05) is 12.1 Å². The van der Waals surface area contributed by atoms with Crippen LogP contribution >= 0.6 is 11.8 Å². The third-order valence-electron chi connectivity index (χ3n) is 5.06. The Morgan fingerprint density at radius 1 is 1.04 bits per heavy atom. The lowest BCUT2D eigenvalue weighted by Gasteiger charge is -2.29. The van der Waals surface area contributed by atoms with Gasteiger partial charge in [0.25, 0.3) is 5.91 Å². The predicted octanol–water partition coefficient (Wildman–Crippen LogP) is 2.99. The molecule has 28 heavy (non-hydrogen) atoms. The van der Waals surface area contributed by atoms with Crippen molar-refractivity contribution in [3.63, 3.8) is 0 Å². The van der Waals surface area contributed by atoms with Crippen molar-refractivity contribution >= 4 is 40.6 Å². The van der Waals surface area contributed by atoms with Crippen LogP contribution in [0.4, 0.5) is 17.1 Å². The summed E-state index contributed by atoms with van der Waals surface area (Å²) in [5.41, 5.74) is 2.64. The zero-order valence-electron chi connectivity index (χ0n) is 15.8. The fourth-order valence-corrected chi connectivity index (χ4v) is 4.19. The summed E-state index contributed by atoms with van der Waals surface area (Å²) in [7, 11) is 0. The van der Waals surface area contributed by atoms with Crippen molar-refractivity contribution in [1.29, 1.82) is 0 Å². The lowest BCUT2D eigenvalue weighted by molar-refractivity contribution is -0.121. The number of imide groups is 1. The molecule has 2 aliphatic heterocycles. The fraction of sp³-hybridized carbons (Fsp3) is 0.333. The number of nitrogens with one attached hydrogen (secondary N) is 1. The largest absolute Gasteiger partial charge is 0.378 e. The predicted molar refractivity (Wildman–Crippen MR) is 112 cm³/mol. The van der Waals surface area contributed by atoms with Gasteiger partial charge in [-0.2, -0.15) is 0 Å². The van der Waals surface area contributed by atoms with Crippen LogP contribution in [-0.4, -0.2) is 50.4 Å². The standard InChI is InChI=1S/C21H23N3O3S/c1-28-19-5-3-2-4-18(19)24-20(25)14-17(21(24)26)22-15-6-8-16(9-7-15)23-10-12-27-13-11-23/h2-9,17,22H,10-14H2,1H3/t17-/m0/s1. The van der Waals surface area contributed by atoms with Gasteiger partial charge in [-0.15, -0.1) is 11.8 Å². The maximum atomic E-state index is 12.9. The Hall–Kier alpha value is -2.51. The Bertz CT molecular complexity index is 865. The van der Waals surface area contributed by atoms with Crippen molar-refractivity contribution in [3.05, 3.63) is 48.5 Å². The normalized spacial score (nSPS) is 20.0. The summed E-state index contributed by atoms with van der Waals surface area (Å²) < 4.78 is 5.39. The Morgan fingerprint density at radius 3 is 2.46 bits per heavy atom. The summed E-state index contributed by atoms with van der Waals surface area (Å²) in [6, 6.07) is 14.9. The van der Waals surface area contributed by atoms with Gasteiger partial charge in [0.1, 0.15) is 6.04 Å². The van der Waals surface area contributed by atoms with Gasteiger partial charge >= 0.3 is 0 Å². The Balaban J connectivity index is 1.47. The molecule has 2 aliphatic rings. The van der Waals surface area contributed by atoms with Crippen molar-refractivity contribution < 1.29 is 14.3 Å². The molecule has 6 nitrogen and oxygen atoms in total. The average Bonchev–Trinajstić information content (AvgIpc) is 3.02.